The number of hydrogen-bond acceptors (Lipinski definition) is 3. The summed E-state index contributed by atoms with van der Waals surface area (Å²) in [4.78, 5) is 15.8. The van der Waals surface area contributed by atoms with E-state index in [1.165, 1.54) is 17.5 Å². The van der Waals surface area contributed by atoms with Crippen LogP contribution < -0.4 is 0 Å². The SMILES string of the molecule is CN1CCN([C@@H]2CCc3cc(C=O)ccc32)CC1. The topological polar surface area (TPSA) is 23.6 Å². The average molecular weight is 244 g/mol. The summed E-state index contributed by atoms with van der Waals surface area (Å²) in [6.07, 6.45) is 3.28. The van der Waals surface area contributed by atoms with E-state index in [0.29, 0.717) is 6.04 Å². The summed E-state index contributed by atoms with van der Waals surface area (Å²) in [5, 5.41) is 0. The van der Waals surface area contributed by atoms with Gasteiger partial charge in [0.15, 0.2) is 0 Å². The molecule has 1 atom stereocenters. The van der Waals surface area contributed by atoms with Gasteiger partial charge in [-0.25, -0.2) is 0 Å². The minimum Gasteiger partial charge on any atom is -0.304 e. The number of carbonyl (C=O) groups excluding carboxylic acids is 1. The molecule has 1 aliphatic heterocycles. The van der Waals surface area contributed by atoms with Gasteiger partial charge in [-0.3, -0.25) is 9.69 Å². The molecule has 0 spiro atoms. The molecule has 0 radical (unpaired) electrons. The van der Waals surface area contributed by atoms with Gasteiger partial charge in [-0.2, -0.15) is 0 Å². The van der Waals surface area contributed by atoms with E-state index in [4.69, 9.17) is 0 Å². The highest BCUT2D eigenvalue weighted by Gasteiger charge is 2.29. The van der Waals surface area contributed by atoms with Crippen molar-refractivity contribution in [1.29, 1.82) is 0 Å². The van der Waals surface area contributed by atoms with Crippen LogP contribution in [-0.4, -0.2) is 49.3 Å². The Kier molecular flexibility index (Phi) is 3.18. The van der Waals surface area contributed by atoms with Crippen molar-refractivity contribution < 1.29 is 4.79 Å². The van der Waals surface area contributed by atoms with Crippen molar-refractivity contribution in [3.8, 4) is 0 Å². The third kappa shape index (κ3) is 2.08. The normalized spacial score (nSPS) is 25.1. The number of hydrogen-bond donors (Lipinski definition) is 0. The third-order valence-electron chi connectivity index (χ3n) is 4.33. The van der Waals surface area contributed by atoms with Crippen molar-refractivity contribution in [3.05, 3.63) is 34.9 Å². The first-order chi connectivity index (χ1) is 8.78. The maximum atomic E-state index is 10.8. The van der Waals surface area contributed by atoms with Gasteiger partial charge in [-0.1, -0.05) is 12.1 Å². The summed E-state index contributed by atoms with van der Waals surface area (Å²) in [5.41, 5.74) is 3.64. The molecule has 3 nitrogen and oxygen atoms in total. The Balaban J connectivity index is 1.80. The first kappa shape index (κ1) is 11.9. The highest BCUT2D eigenvalue weighted by Crippen LogP contribution is 2.36. The molecule has 0 amide bonds. The van der Waals surface area contributed by atoms with Crippen LogP contribution in [0, 0.1) is 0 Å². The predicted molar refractivity (Wildman–Crippen MR) is 72.0 cm³/mol. The van der Waals surface area contributed by atoms with Crippen molar-refractivity contribution in [2.75, 3.05) is 33.2 Å². The summed E-state index contributed by atoms with van der Waals surface area (Å²) >= 11 is 0. The number of benzene rings is 1. The van der Waals surface area contributed by atoms with E-state index in [9.17, 15) is 4.79 Å². The lowest BCUT2D eigenvalue weighted by atomic mass is 10.0. The molecule has 18 heavy (non-hydrogen) atoms. The molecule has 1 fully saturated rings. The zero-order valence-corrected chi connectivity index (χ0v) is 10.9. The van der Waals surface area contributed by atoms with E-state index >= 15 is 0 Å². The average Bonchev–Trinajstić information content (AvgIpc) is 2.82. The number of fused-ring (bicyclic) bond motifs is 1. The van der Waals surface area contributed by atoms with Crippen LogP contribution in [-0.2, 0) is 6.42 Å². The van der Waals surface area contributed by atoms with E-state index < -0.39 is 0 Å². The third-order valence-corrected chi connectivity index (χ3v) is 4.33. The second-order valence-corrected chi connectivity index (χ2v) is 5.47. The van der Waals surface area contributed by atoms with Crippen molar-refractivity contribution in [1.82, 2.24) is 9.80 Å². The van der Waals surface area contributed by atoms with E-state index in [2.05, 4.69) is 29.0 Å². The predicted octanol–water partition coefficient (Wildman–Crippen LogP) is 1.73. The van der Waals surface area contributed by atoms with Crippen molar-refractivity contribution in [2.24, 2.45) is 0 Å². The lowest BCUT2D eigenvalue weighted by molar-refractivity contribution is 0.111. The molecule has 3 rings (SSSR count). The highest BCUT2D eigenvalue weighted by atomic mass is 16.1. The van der Waals surface area contributed by atoms with Crippen LogP contribution in [0.3, 0.4) is 0 Å². The largest absolute Gasteiger partial charge is 0.304 e. The molecular weight excluding hydrogens is 224 g/mol. The van der Waals surface area contributed by atoms with Gasteiger partial charge in [0.25, 0.3) is 0 Å². The standard InChI is InChI=1S/C15H20N2O/c1-16-6-8-17(9-7-16)15-5-3-13-10-12(11-18)2-4-14(13)15/h2,4,10-11,15H,3,5-9H2,1H3/t15-/m1/s1. The van der Waals surface area contributed by atoms with E-state index in [0.717, 1.165) is 44.4 Å². The number of nitrogens with zero attached hydrogens (tertiary/aromatic N) is 2. The van der Waals surface area contributed by atoms with E-state index in [1.54, 1.807) is 0 Å². The van der Waals surface area contributed by atoms with Crippen LogP contribution in [0.5, 0.6) is 0 Å². The maximum absolute atomic E-state index is 10.8. The molecule has 1 saturated heterocycles. The van der Waals surface area contributed by atoms with Crippen LogP contribution in [0.25, 0.3) is 0 Å². The minimum atomic E-state index is 0.578. The Bertz CT molecular complexity index is 450. The minimum absolute atomic E-state index is 0.578. The highest BCUT2D eigenvalue weighted by molar-refractivity contribution is 5.75. The van der Waals surface area contributed by atoms with Gasteiger partial charge in [-0.05, 0) is 37.1 Å². The molecule has 0 aromatic heterocycles. The fourth-order valence-electron chi connectivity index (χ4n) is 3.20. The van der Waals surface area contributed by atoms with E-state index in [1.807, 2.05) is 6.07 Å². The molecule has 96 valence electrons. The number of likely N-dealkylation sites (N-methyl/N-ethyl adjacent to an activating group) is 1. The second kappa shape index (κ2) is 4.82. The number of aryl methyl sites for hydroxylation is 1. The Morgan fingerprint density at radius 3 is 2.72 bits per heavy atom. The fourth-order valence-corrected chi connectivity index (χ4v) is 3.20. The number of aldehydes is 1. The summed E-state index contributed by atoms with van der Waals surface area (Å²) in [5.74, 6) is 0. The summed E-state index contributed by atoms with van der Waals surface area (Å²) in [6.45, 7) is 4.66. The zero-order valence-electron chi connectivity index (χ0n) is 10.9. The molecule has 0 bridgehead atoms. The molecule has 2 aliphatic rings. The number of carbonyl (C=O) groups is 1. The Hall–Kier alpha value is -1.19. The lowest BCUT2D eigenvalue weighted by Gasteiger charge is -2.36. The van der Waals surface area contributed by atoms with Crippen LogP contribution in [0.1, 0.15) is 33.9 Å². The van der Waals surface area contributed by atoms with Gasteiger partial charge in [0.2, 0.25) is 0 Å². The van der Waals surface area contributed by atoms with Gasteiger partial charge >= 0.3 is 0 Å². The molecule has 0 unspecified atom stereocenters. The van der Waals surface area contributed by atoms with Crippen LogP contribution in [0.15, 0.2) is 18.2 Å². The second-order valence-electron chi connectivity index (χ2n) is 5.47. The molecule has 0 saturated carbocycles. The smallest absolute Gasteiger partial charge is 0.150 e. The van der Waals surface area contributed by atoms with Gasteiger partial charge in [0, 0.05) is 37.8 Å². The van der Waals surface area contributed by atoms with Gasteiger partial charge in [0.05, 0.1) is 0 Å². The number of rotatable bonds is 2. The van der Waals surface area contributed by atoms with Crippen LogP contribution in [0.2, 0.25) is 0 Å². The van der Waals surface area contributed by atoms with Gasteiger partial charge in [-0.15, -0.1) is 0 Å². The van der Waals surface area contributed by atoms with E-state index in [-0.39, 0.29) is 0 Å². The Labute approximate surface area is 108 Å². The first-order valence-electron chi connectivity index (χ1n) is 6.78. The maximum Gasteiger partial charge on any atom is 0.150 e. The van der Waals surface area contributed by atoms with Crippen molar-refractivity contribution in [3.63, 3.8) is 0 Å². The molecule has 1 aromatic rings. The number of piperazine rings is 1. The van der Waals surface area contributed by atoms with Crippen LogP contribution >= 0.6 is 0 Å². The van der Waals surface area contributed by atoms with Crippen LogP contribution in [0.4, 0.5) is 0 Å². The summed E-state index contributed by atoms with van der Waals surface area (Å²) in [7, 11) is 2.19. The Morgan fingerprint density at radius 2 is 2.00 bits per heavy atom. The quantitative estimate of drug-likeness (QED) is 0.740. The lowest BCUT2D eigenvalue weighted by Crippen LogP contribution is -2.45. The molecule has 1 aliphatic carbocycles. The molecular formula is C15H20N2O. The molecule has 0 N–H and O–H groups in total. The van der Waals surface area contributed by atoms with Crippen molar-refractivity contribution >= 4 is 6.29 Å². The Morgan fingerprint density at radius 1 is 1.22 bits per heavy atom. The molecule has 1 aromatic carbocycles. The summed E-state index contributed by atoms with van der Waals surface area (Å²) < 4.78 is 0. The zero-order chi connectivity index (χ0) is 12.5. The molecule has 3 heteroatoms. The monoisotopic (exact) mass is 244 g/mol. The fraction of sp³-hybridized carbons (Fsp3) is 0.533. The van der Waals surface area contributed by atoms with Crippen molar-refractivity contribution in [2.45, 2.75) is 18.9 Å². The van der Waals surface area contributed by atoms with Gasteiger partial charge < -0.3 is 4.90 Å². The molecule has 1 heterocycles. The first-order valence-corrected chi connectivity index (χ1v) is 6.78. The summed E-state index contributed by atoms with van der Waals surface area (Å²) in [6, 6.07) is 6.77. The van der Waals surface area contributed by atoms with Gasteiger partial charge in [0.1, 0.15) is 6.29 Å².